The predicted molar refractivity (Wildman–Crippen MR) is 90.6 cm³/mol. The van der Waals surface area contributed by atoms with Gasteiger partial charge in [0.2, 0.25) is 5.91 Å². The zero-order valence-electron chi connectivity index (χ0n) is 14.1. The van der Waals surface area contributed by atoms with Gasteiger partial charge in [-0.15, -0.1) is 0 Å². The van der Waals surface area contributed by atoms with E-state index in [1.54, 1.807) is 19.1 Å². The highest BCUT2D eigenvalue weighted by atomic mass is 19.3. The monoisotopic (exact) mass is 336 g/mol. The molecule has 1 N–H and O–H groups in total. The Morgan fingerprint density at radius 1 is 1.25 bits per heavy atom. The van der Waals surface area contributed by atoms with E-state index in [-0.39, 0.29) is 12.2 Å². The maximum atomic E-state index is 12.9. The molecule has 0 spiro atoms. The van der Waals surface area contributed by atoms with Crippen LogP contribution in [0.5, 0.6) is 0 Å². The number of anilines is 2. The number of nitrogens with zero attached hydrogens (tertiary/aromatic N) is 3. The van der Waals surface area contributed by atoms with Crippen molar-refractivity contribution in [1.29, 1.82) is 0 Å². The lowest BCUT2D eigenvalue weighted by Crippen LogP contribution is -2.22. The molecule has 0 bridgehead atoms. The van der Waals surface area contributed by atoms with Crippen LogP contribution in [0.15, 0.2) is 30.3 Å². The summed E-state index contributed by atoms with van der Waals surface area (Å²) in [5, 5.41) is 6.65. The molecule has 0 aliphatic rings. The van der Waals surface area contributed by atoms with Crippen LogP contribution < -0.4 is 10.2 Å². The van der Waals surface area contributed by atoms with Gasteiger partial charge in [0, 0.05) is 24.5 Å². The fourth-order valence-electron chi connectivity index (χ4n) is 2.55. The summed E-state index contributed by atoms with van der Waals surface area (Å²) in [6.07, 6.45) is -2.66. The number of benzene rings is 1. The van der Waals surface area contributed by atoms with Gasteiger partial charge < -0.3 is 10.2 Å². The van der Waals surface area contributed by atoms with E-state index in [4.69, 9.17) is 0 Å². The van der Waals surface area contributed by atoms with E-state index in [2.05, 4.69) is 29.2 Å². The Labute approximate surface area is 140 Å². The fourth-order valence-corrected chi connectivity index (χ4v) is 2.55. The van der Waals surface area contributed by atoms with Gasteiger partial charge in [0.15, 0.2) is 0 Å². The molecule has 1 amide bonds. The third-order valence-electron chi connectivity index (χ3n) is 3.73. The first-order valence-electron chi connectivity index (χ1n) is 7.92. The molecule has 0 radical (unpaired) electrons. The third-order valence-corrected chi connectivity index (χ3v) is 3.73. The number of rotatable bonds is 7. The Morgan fingerprint density at radius 2 is 1.88 bits per heavy atom. The summed E-state index contributed by atoms with van der Waals surface area (Å²) in [7, 11) is 0. The van der Waals surface area contributed by atoms with Crippen molar-refractivity contribution in [1.82, 2.24) is 9.78 Å². The molecule has 1 heterocycles. The molecule has 2 rings (SSSR count). The van der Waals surface area contributed by atoms with Gasteiger partial charge in [0.25, 0.3) is 6.43 Å². The van der Waals surface area contributed by atoms with Crippen molar-refractivity contribution in [2.45, 2.75) is 33.7 Å². The second-order valence-electron chi connectivity index (χ2n) is 5.44. The number of aromatic nitrogens is 2. The molecule has 1 aromatic heterocycles. The lowest BCUT2D eigenvalue weighted by molar-refractivity contribution is -0.117. The Bertz CT molecular complexity index is 678. The summed E-state index contributed by atoms with van der Waals surface area (Å²) in [6.45, 7) is 7.32. The molecule has 130 valence electrons. The van der Waals surface area contributed by atoms with E-state index in [0.29, 0.717) is 11.4 Å². The summed E-state index contributed by atoms with van der Waals surface area (Å²) in [5.41, 5.74) is 1.90. The average molecular weight is 336 g/mol. The minimum Gasteiger partial charge on any atom is -0.372 e. The maximum Gasteiger partial charge on any atom is 0.280 e. The van der Waals surface area contributed by atoms with Gasteiger partial charge in [-0.3, -0.25) is 9.48 Å². The van der Waals surface area contributed by atoms with Crippen molar-refractivity contribution in [3.8, 4) is 0 Å². The van der Waals surface area contributed by atoms with Crippen molar-refractivity contribution in [3.63, 3.8) is 0 Å². The molecular weight excluding hydrogens is 314 g/mol. The van der Waals surface area contributed by atoms with E-state index in [0.717, 1.165) is 23.5 Å². The van der Waals surface area contributed by atoms with Crippen molar-refractivity contribution >= 4 is 17.3 Å². The predicted octanol–water partition coefficient (Wildman–Crippen LogP) is 3.61. The highest BCUT2D eigenvalue weighted by Crippen LogP contribution is 2.20. The molecule has 2 aromatic rings. The Kier molecular flexibility index (Phi) is 5.89. The van der Waals surface area contributed by atoms with Crippen LogP contribution in [0.2, 0.25) is 0 Å². The Hall–Kier alpha value is -2.44. The standard InChI is InChI=1S/C17H22F2N4O/c1-4-22(5-2)14-8-6-13(7-9-14)20-16(24)11-23-15(17(18)19)10-12(3)21-23/h6-10,17H,4-5,11H2,1-3H3,(H,20,24). The van der Waals surface area contributed by atoms with Crippen LogP contribution in [0.25, 0.3) is 0 Å². The summed E-state index contributed by atoms with van der Waals surface area (Å²) in [5.74, 6) is -0.393. The second kappa shape index (κ2) is 7.90. The van der Waals surface area contributed by atoms with E-state index in [1.807, 2.05) is 12.1 Å². The molecule has 0 aliphatic carbocycles. The van der Waals surface area contributed by atoms with Crippen LogP contribution in [0, 0.1) is 6.92 Å². The quantitative estimate of drug-likeness (QED) is 0.840. The topological polar surface area (TPSA) is 50.2 Å². The van der Waals surface area contributed by atoms with Gasteiger partial charge in [0.1, 0.15) is 12.2 Å². The number of carbonyl (C=O) groups is 1. The second-order valence-corrected chi connectivity index (χ2v) is 5.44. The van der Waals surface area contributed by atoms with Crippen molar-refractivity contribution in [2.24, 2.45) is 0 Å². The third kappa shape index (κ3) is 4.31. The largest absolute Gasteiger partial charge is 0.372 e. The van der Waals surface area contributed by atoms with Crippen LogP contribution in [-0.4, -0.2) is 28.8 Å². The molecule has 7 heteroatoms. The van der Waals surface area contributed by atoms with Crippen LogP contribution in [0.1, 0.15) is 31.7 Å². The van der Waals surface area contributed by atoms with Gasteiger partial charge >= 0.3 is 0 Å². The summed E-state index contributed by atoms with van der Waals surface area (Å²) in [4.78, 5) is 14.3. The highest BCUT2D eigenvalue weighted by molar-refractivity contribution is 5.90. The molecule has 5 nitrogen and oxygen atoms in total. The molecule has 0 fully saturated rings. The van der Waals surface area contributed by atoms with E-state index < -0.39 is 12.3 Å². The normalized spacial score (nSPS) is 10.9. The lowest BCUT2D eigenvalue weighted by atomic mass is 10.2. The van der Waals surface area contributed by atoms with E-state index >= 15 is 0 Å². The number of amides is 1. The number of aryl methyl sites for hydroxylation is 1. The number of alkyl halides is 2. The minimum atomic E-state index is -2.66. The first-order valence-corrected chi connectivity index (χ1v) is 7.92. The summed E-state index contributed by atoms with van der Waals surface area (Å²) < 4.78 is 26.9. The summed E-state index contributed by atoms with van der Waals surface area (Å²) in [6, 6.07) is 8.73. The number of nitrogens with one attached hydrogen (secondary N) is 1. The number of carbonyl (C=O) groups excluding carboxylic acids is 1. The Morgan fingerprint density at radius 3 is 2.42 bits per heavy atom. The Balaban J connectivity index is 2.02. The number of hydrogen-bond acceptors (Lipinski definition) is 3. The molecule has 24 heavy (non-hydrogen) atoms. The fraction of sp³-hybridized carbons (Fsp3) is 0.412. The molecule has 0 aliphatic heterocycles. The molecule has 0 unspecified atom stereocenters. The van der Waals surface area contributed by atoms with Crippen LogP contribution in [-0.2, 0) is 11.3 Å². The van der Waals surface area contributed by atoms with Gasteiger partial charge in [-0.1, -0.05) is 0 Å². The van der Waals surface area contributed by atoms with E-state index in [1.165, 1.54) is 6.07 Å². The van der Waals surface area contributed by atoms with Gasteiger partial charge in [-0.05, 0) is 51.1 Å². The average Bonchev–Trinajstić information content (AvgIpc) is 2.90. The van der Waals surface area contributed by atoms with E-state index in [9.17, 15) is 13.6 Å². The van der Waals surface area contributed by atoms with Crippen LogP contribution >= 0.6 is 0 Å². The molecular formula is C17H22F2N4O. The molecule has 0 saturated heterocycles. The molecule has 0 saturated carbocycles. The van der Waals surface area contributed by atoms with Crippen molar-refractivity contribution < 1.29 is 13.6 Å². The first-order chi connectivity index (χ1) is 11.4. The van der Waals surface area contributed by atoms with Crippen LogP contribution in [0.3, 0.4) is 0 Å². The summed E-state index contributed by atoms with van der Waals surface area (Å²) >= 11 is 0. The lowest BCUT2D eigenvalue weighted by Gasteiger charge is -2.21. The molecule has 0 atom stereocenters. The van der Waals surface area contributed by atoms with Gasteiger partial charge in [-0.2, -0.15) is 5.10 Å². The smallest absolute Gasteiger partial charge is 0.280 e. The van der Waals surface area contributed by atoms with Crippen molar-refractivity contribution in [3.05, 3.63) is 41.7 Å². The van der Waals surface area contributed by atoms with Crippen LogP contribution in [0.4, 0.5) is 20.2 Å². The zero-order chi connectivity index (χ0) is 17.7. The zero-order valence-corrected chi connectivity index (χ0v) is 14.1. The molecule has 1 aromatic carbocycles. The number of hydrogen-bond donors (Lipinski definition) is 1. The van der Waals surface area contributed by atoms with Gasteiger partial charge in [0.05, 0.1) is 5.69 Å². The minimum absolute atomic E-state index is 0.245. The van der Waals surface area contributed by atoms with Crippen molar-refractivity contribution in [2.75, 3.05) is 23.3 Å². The van der Waals surface area contributed by atoms with Gasteiger partial charge in [-0.25, -0.2) is 8.78 Å². The highest BCUT2D eigenvalue weighted by Gasteiger charge is 2.17. The SMILES string of the molecule is CCN(CC)c1ccc(NC(=O)Cn2nc(C)cc2C(F)F)cc1. The maximum absolute atomic E-state index is 12.9. The first kappa shape index (κ1) is 17.9. The number of halogens is 2.